The van der Waals surface area contributed by atoms with Crippen molar-refractivity contribution >= 4 is 23.4 Å². The van der Waals surface area contributed by atoms with Gasteiger partial charge in [-0.3, -0.25) is 9.36 Å². The van der Waals surface area contributed by atoms with Crippen LogP contribution in [-0.2, 0) is 11.3 Å². The smallest absolute Gasteiger partial charge is 0.253 e. The van der Waals surface area contributed by atoms with Crippen LogP contribution in [0.4, 0.5) is 0 Å². The molecule has 3 aromatic rings. The Hall–Kier alpha value is -2.87. The van der Waals surface area contributed by atoms with Gasteiger partial charge >= 0.3 is 0 Å². The fourth-order valence-electron chi connectivity index (χ4n) is 3.18. The first-order valence-corrected chi connectivity index (χ1v) is 10.6. The molecule has 0 saturated heterocycles. The largest absolute Gasteiger partial charge is 0.461 e. The fourth-order valence-corrected chi connectivity index (χ4v) is 4.00. The first-order valence-electron chi connectivity index (χ1n) is 9.65. The number of furan rings is 1. The average molecular weight is 410 g/mol. The fraction of sp³-hybridized carbons (Fsp3) is 0.333. The summed E-state index contributed by atoms with van der Waals surface area (Å²) in [5.41, 5.74) is 2.02. The molecular formula is C21H23N5O2S. The number of thioether (sulfide) groups is 1. The highest BCUT2D eigenvalue weighted by atomic mass is 32.2. The maximum Gasteiger partial charge on any atom is 0.253 e. The van der Waals surface area contributed by atoms with E-state index < -0.39 is 0 Å². The number of aromatic nitrogens is 3. The van der Waals surface area contributed by atoms with Crippen LogP contribution in [0.15, 0.2) is 63.4 Å². The number of hydrogen-bond donors (Lipinski definition) is 0. The summed E-state index contributed by atoms with van der Waals surface area (Å²) in [4.78, 5) is 12.7. The predicted octanol–water partition coefficient (Wildman–Crippen LogP) is 3.92. The monoisotopic (exact) mass is 409 g/mol. The molecule has 0 fully saturated rings. The average Bonchev–Trinajstić information content (AvgIpc) is 3.47. The van der Waals surface area contributed by atoms with Crippen molar-refractivity contribution in [2.24, 2.45) is 11.0 Å². The summed E-state index contributed by atoms with van der Waals surface area (Å²) < 4.78 is 7.51. The van der Waals surface area contributed by atoms with Gasteiger partial charge in [0.05, 0.1) is 24.3 Å². The zero-order valence-corrected chi connectivity index (χ0v) is 17.3. The molecule has 7 nitrogen and oxygen atoms in total. The summed E-state index contributed by atoms with van der Waals surface area (Å²) >= 11 is 1.39. The van der Waals surface area contributed by atoms with Gasteiger partial charge in [0.15, 0.2) is 16.7 Å². The Morgan fingerprint density at radius 3 is 2.72 bits per heavy atom. The van der Waals surface area contributed by atoms with Crippen LogP contribution in [0.2, 0.25) is 0 Å². The van der Waals surface area contributed by atoms with Crippen molar-refractivity contribution in [3.8, 4) is 11.6 Å². The molecule has 0 N–H and O–H groups in total. The van der Waals surface area contributed by atoms with Crippen molar-refractivity contribution in [1.29, 1.82) is 0 Å². The summed E-state index contributed by atoms with van der Waals surface area (Å²) in [5.74, 6) is 2.00. The maximum atomic E-state index is 12.7. The standard InChI is InChI=1S/C21H23N5O2S/c1-15(2)13-25-20(18-9-6-12-28-18)22-23-21(25)29-14-19(27)26-11-10-17(24-26)16-7-4-3-5-8-16/h3-9,12,15H,10-11,13-14H2,1-2H3. The van der Waals surface area contributed by atoms with Gasteiger partial charge < -0.3 is 4.42 Å². The van der Waals surface area contributed by atoms with Crippen LogP contribution in [0.1, 0.15) is 25.8 Å². The number of rotatable bonds is 7. The van der Waals surface area contributed by atoms with E-state index in [9.17, 15) is 4.79 Å². The first-order chi connectivity index (χ1) is 14.1. The lowest BCUT2D eigenvalue weighted by molar-refractivity contribution is -0.127. The quantitative estimate of drug-likeness (QED) is 0.553. The lowest BCUT2D eigenvalue weighted by Gasteiger charge is -2.13. The molecule has 3 heterocycles. The van der Waals surface area contributed by atoms with E-state index in [-0.39, 0.29) is 11.7 Å². The van der Waals surface area contributed by atoms with E-state index in [1.54, 1.807) is 11.3 Å². The molecule has 1 aromatic carbocycles. The second-order valence-corrected chi connectivity index (χ2v) is 8.20. The molecule has 2 aromatic heterocycles. The molecule has 0 spiro atoms. The van der Waals surface area contributed by atoms with E-state index in [0.717, 1.165) is 24.2 Å². The van der Waals surface area contributed by atoms with Crippen LogP contribution in [0.25, 0.3) is 11.6 Å². The third-order valence-corrected chi connectivity index (χ3v) is 5.48. The highest BCUT2D eigenvalue weighted by molar-refractivity contribution is 7.99. The topological polar surface area (TPSA) is 76.5 Å². The number of carbonyl (C=O) groups is 1. The molecule has 1 aliphatic heterocycles. The summed E-state index contributed by atoms with van der Waals surface area (Å²) in [7, 11) is 0. The molecule has 150 valence electrons. The number of hydrazone groups is 1. The second-order valence-electron chi connectivity index (χ2n) is 7.26. The van der Waals surface area contributed by atoms with Gasteiger partial charge in [0, 0.05) is 13.0 Å². The van der Waals surface area contributed by atoms with Gasteiger partial charge in [-0.1, -0.05) is 55.9 Å². The Bertz CT molecular complexity index is 996. The van der Waals surface area contributed by atoms with Gasteiger partial charge in [-0.25, -0.2) is 5.01 Å². The third-order valence-electron chi connectivity index (χ3n) is 4.53. The molecule has 29 heavy (non-hydrogen) atoms. The van der Waals surface area contributed by atoms with Crippen molar-refractivity contribution in [2.45, 2.75) is 32.0 Å². The zero-order valence-electron chi connectivity index (χ0n) is 16.5. The molecule has 0 saturated carbocycles. The summed E-state index contributed by atoms with van der Waals surface area (Å²) in [6.07, 6.45) is 2.39. The van der Waals surface area contributed by atoms with E-state index in [1.165, 1.54) is 11.8 Å². The van der Waals surface area contributed by atoms with E-state index in [4.69, 9.17) is 4.42 Å². The third kappa shape index (κ3) is 4.42. The zero-order chi connectivity index (χ0) is 20.2. The van der Waals surface area contributed by atoms with Gasteiger partial charge in [0.1, 0.15) is 0 Å². The van der Waals surface area contributed by atoms with Crippen molar-refractivity contribution < 1.29 is 9.21 Å². The Balaban J connectivity index is 1.45. The van der Waals surface area contributed by atoms with Gasteiger partial charge in [-0.2, -0.15) is 5.10 Å². The number of carbonyl (C=O) groups excluding carboxylic acids is 1. The summed E-state index contributed by atoms with van der Waals surface area (Å²) in [6.45, 7) is 5.63. The van der Waals surface area contributed by atoms with E-state index >= 15 is 0 Å². The van der Waals surface area contributed by atoms with Crippen LogP contribution in [0, 0.1) is 5.92 Å². The van der Waals surface area contributed by atoms with Crippen LogP contribution in [0.3, 0.4) is 0 Å². The highest BCUT2D eigenvalue weighted by Crippen LogP contribution is 2.26. The van der Waals surface area contributed by atoms with E-state index in [1.807, 2.05) is 47.0 Å². The van der Waals surface area contributed by atoms with Gasteiger partial charge in [-0.05, 0) is 23.6 Å². The molecule has 0 atom stereocenters. The number of benzene rings is 1. The van der Waals surface area contributed by atoms with Crippen molar-refractivity contribution in [1.82, 2.24) is 19.8 Å². The Kier molecular flexibility index (Phi) is 5.80. The molecule has 1 aliphatic rings. The van der Waals surface area contributed by atoms with Gasteiger partial charge in [0.25, 0.3) is 5.91 Å². The van der Waals surface area contributed by atoms with Crippen LogP contribution in [-0.4, -0.2) is 43.7 Å². The van der Waals surface area contributed by atoms with E-state index in [0.29, 0.717) is 29.2 Å². The van der Waals surface area contributed by atoms with Crippen molar-refractivity contribution in [3.63, 3.8) is 0 Å². The van der Waals surface area contributed by atoms with Crippen LogP contribution in [0.5, 0.6) is 0 Å². The lowest BCUT2D eigenvalue weighted by Crippen LogP contribution is -2.25. The molecule has 0 aliphatic carbocycles. The van der Waals surface area contributed by atoms with Crippen molar-refractivity contribution in [3.05, 3.63) is 54.3 Å². The minimum atomic E-state index is -0.0282. The maximum absolute atomic E-state index is 12.7. The molecule has 0 bridgehead atoms. The molecule has 8 heteroatoms. The number of hydrogen-bond acceptors (Lipinski definition) is 6. The molecule has 0 unspecified atom stereocenters. The summed E-state index contributed by atoms with van der Waals surface area (Å²) in [5, 5.41) is 15.4. The Labute approximate surface area is 173 Å². The lowest BCUT2D eigenvalue weighted by atomic mass is 10.1. The highest BCUT2D eigenvalue weighted by Gasteiger charge is 2.23. The Morgan fingerprint density at radius 2 is 2.00 bits per heavy atom. The SMILES string of the molecule is CC(C)Cn1c(SCC(=O)N2CCC(c3ccccc3)=N2)nnc1-c1ccco1. The molecule has 0 radical (unpaired) electrons. The van der Waals surface area contributed by atoms with Crippen LogP contribution >= 0.6 is 11.8 Å². The minimum absolute atomic E-state index is 0.0282. The first kappa shape index (κ1) is 19.4. The van der Waals surface area contributed by atoms with Gasteiger partial charge in [0.2, 0.25) is 0 Å². The van der Waals surface area contributed by atoms with Crippen molar-refractivity contribution in [2.75, 3.05) is 12.3 Å². The number of amides is 1. The Morgan fingerprint density at radius 1 is 1.17 bits per heavy atom. The summed E-state index contributed by atoms with van der Waals surface area (Å²) in [6, 6.07) is 13.7. The molecule has 4 rings (SSSR count). The normalized spacial score (nSPS) is 13.9. The number of nitrogens with zero attached hydrogens (tertiary/aromatic N) is 5. The molecular weight excluding hydrogens is 386 g/mol. The van der Waals surface area contributed by atoms with Gasteiger partial charge in [-0.15, -0.1) is 10.2 Å². The van der Waals surface area contributed by atoms with E-state index in [2.05, 4.69) is 29.1 Å². The van der Waals surface area contributed by atoms with Crippen LogP contribution < -0.4 is 0 Å². The predicted molar refractivity (Wildman–Crippen MR) is 113 cm³/mol. The minimum Gasteiger partial charge on any atom is -0.461 e. The second kappa shape index (κ2) is 8.65. The molecule has 1 amide bonds.